The smallest absolute Gasteiger partial charge is 0.123 e. The SMILES string of the molecule is C[C@@H](c1cccc(F)c1)N1CCC(N)CC1. The van der Waals surface area contributed by atoms with Gasteiger partial charge in [-0.05, 0) is 37.5 Å². The Hall–Kier alpha value is -0.930. The maximum Gasteiger partial charge on any atom is 0.123 e. The van der Waals surface area contributed by atoms with Crippen molar-refractivity contribution in [2.45, 2.75) is 31.8 Å². The average Bonchev–Trinajstić information content (AvgIpc) is 2.29. The largest absolute Gasteiger partial charge is 0.328 e. The number of rotatable bonds is 2. The van der Waals surface area contributed by atoms with Crippen molar-refractivity contribution in [3.63, 3.8) is 0 Å². The van der Waals surface area contributed by atoms with Crippen LogP contribution in [0.5, 0.6) is 0 Å². The molecule has 0 aliphatic carbocycles. The van der Waals surface area contributed by atoms with E-state index in [4.69, 9.17) is 5.73 Å². The Morgan fingerprint density at radius 2 is 2.06 bits per heavy atom. The third-order valence-corrected chi connectivity index (χ3v) is 3.45. The van der Waals surface area contributed by atoms with E-state index in [0.29, 0.717) is 6.04 Å². The molecule has 0 spiro atoms. The van der Waals surface area contributed by atoms with E-state index in [9.17, 15) is 4.39 Å². The zero-order valence-corrected chi connectivity index (χ0v) is 9.70. The van der Waals surface area contributed by atoms with Gasteiger partial charge in [-0.25, -0.2) is 4.39 Å². The fourth-order valence-electron chi connectivity index (χ4n) is 2.28. The van der Waals surface area contributed by atoms with Crippen LogP contribution in [0.15, 0.2) is 24.3 Å². The van der Waals surface area contributed by atoms with Gasteiger partial charge in [-0.1, -0.05) is 12.1 Å². The van der Waals surface area contributed by atoms with E-state index >= 15 is 0 Å². The van der Waals surface area contributed by atoms with Gasteiger partial charge >= 0.3 is 0 Å². The second kappa shape index (κ2) is 4.93. The number of nitrogens with zero attached hydrogens (tertiary/aromatic N) is 1. The van der Waals surface area contributed by atoms with Gasteiger partial charge in [-0.3, -0.25) is 4.90 Å². The van der Waals surface area contributed by atoms with Gasteiger partial charge < -0.3 is 5.73 Å². The summed E-state index contributed by atoms with van der Waals surface area (Å²) in [6.07, 6.45) is 2.08. The maximum atomic E-state index is 13.1. The molecule has 1 aromatic rings. The summed E-state index contributed by atoms with van der Waals surface area (Å²) in [4.78, 5) is 2.37. The van der Waals surface area contributed by atoms with Crippen LogP contribution >= 0.6 is 0 Å². The normalized spacial score (nSPS) is 20.9. The van der Waals surface area contributed by atoms with Crippen LogP contribution in [0.1, 0.15) is 31.4 Å². The van der Waals surface area contributed by atoms with Gasteiger partial charge in [0.15, 0.2) is 0 Å². The van der Waals surface area contributed by atoms with Crippen molar-refractivity contribution < 1.29 is 4.39 Å². The van der Waals surface area contributed by atoms with Gasteiger partial charge in [0.05, 0.1) is 0 Å². The first kappa shape index (κ1) is 11.6. The predicted octanol–water partition coefficient (Wildman–Crippen LogP) is 2.31. The summed E-state index contributed by atoms with van der Waals surface area (Å²) in [5.74, 6) is -0.155. The lowest BCUT2D eigenvalue weighted by Gasteiger charge is -2.35. The fourth-order valence-corrected chi connectivity index (χ4v) is 2.28. The van der Waals surface area contributed by atoms with Gasteiger partial charge in [-0.2, -0.15) is 0 Å². The van der Waals surface area contributed by atoms with Crippen LogP contribution in [-0.4, -0.2) is 24.0 Å². The quantitative estimate of drug-likeness (QED) is 0.832. The van der Waals surface area contributed by atoms with Crippen molar-refractivity contribution in [3.8, 4) is 0 Å². The van der Waals surface area contributed by atoms with E-state index in [2.05, 4.69) is 11.8 Å². The van der Waals surface area contributed by atoms with Crippen LogP contribution in [0.4, 0.5) is 4.39 Å². The van der Waals surface area contributed by atoms with E-state index in [1.807, 2.05) is 6.07 Å². The highest BCUT2D eigenvalue weighted by atomic mass is 19.1. The lowest BCUT2D eigenvalue weighted by atomic mass is 10.0. The summed E-state index contributed by atoms with van der Waals surface area (Å²) < 4.78 is 13.1. The van der Waals surface area contributed by atoms with Crippen molar-refractivity contribution >= 4 is 0 Å². The molecular weight excluding hydrogens is 203 g/mol. The van der Waals surface area contributed by atoms with Crippen molar-refractivity contribution in [3.05, 3.63) is 35.6 Å². The van der Waals surface area contributed by atoms with Crippen molar-refractivity contribution in [1.82, 2.24) is 4.90 Å². The lowest BCUT2D eigenvalue weighted by molar-refractivity contribution is 0.163. The minimum Gasteiger partial charge on any atom is -0.328 e. The molecule has 0 radical (unpaired) electrons. The van der Waals surface area contributed by atoms with Crippen LogP contribution in [0.25, 0.3) is 0 Å². The standard InChI is InChI=1S/C13H19FN2/c1-10(11-3-2-4-12(14)9-11)16-7-5-13(15)6-8-16/h2-4,9-10,13H,5-8,15H2,1H3/t10-/m0/s1. The molecule has 1 fully saturated rings. The molecule has 2 rings (SSSR count). The Morgan fingerprint density at radius 3 is 2.69 bits per heavy atom. The van der Waals surface area contributed by atoms with Crippen LogP contribution in [0.3, 0.4) is 0 Å². The second-order valence-electron chi connectivity index (χ2n) is 4.60. The Morgan fingerprint density at radius 1 is 1.38 bits per heavy atom. The topological polar surface area (TPSA) is 29.3 Å². The highest BCUT2D eigenvalue weighted by Crippen LogP contribution is 2.24. The zero-order chi connectivity index (χ0) is 11.5. The van der Waals surface area contributed by atoms with E-state index in [-0.39, 0.29) is 11.9 Å². The highest BCUT2D eigenvalue weighted by molar-refractivity contribution is 5.19. The molecule has 3 heteroatoms. The van der Waals surface area contributed by atoms with Crippen molar-refractivity contribution in [2.24, 2.45) is 5.73 Å². The molecule has 1 heterocycles. The van der Waals surface area contributed by atoms with E-state index in [0.717, 1.165) is 31.5 Å². The van der Waals surface area contributed by atoms with Crippen molar-refractivity contribution in [2.75, 3.05) is 13.1 Å². The maximum absolute atomic E-state index is 13.1. The molecule has 0 aromatic heterocycles. The average molecular weight is 222 g/mol. The van der Waals surface area contributed by atoms with Gasteiger partial charge in [-0.15, -0.1) is 0 Å². The summed E-state index contributed by atoms with van der Waals surface area (Å²) >= 11 is 0. The van der Waals surface area contributed by atoms with Crippen molar-refractivity contribution in [1.29, 1.82) is 0 Å². The Labute approximate surface area is 96.2 Å². The van der Waals surface area contributed by atoms with Crippen LogP contribution in [-0.2, 0) is 0 Å². The molecule has 1 atom stereocenters. The molecule has 0 amide bonds. The van der Waals surface area contributed by atoms with Gasteiger partial charge in [0.2, 0.25) is 0 Å². The van der Waals surface area contributed by atoms with Gasteiger partial charge in [0.1, 0.15) is 5.82 Å². The van der Waals surface area contributed by atoms with Crippen LogP contribution in [0, 0.1) is 5.82 Å². The summed E-state index contributed by atoms with van der Waals surface area (Å²) in [5, 5.41) is 0. The fraction of sp³-hybridized carbons (Fsp3) is 0.538. The van der Waals surface area contributed by atoms with E-state index in [1.54, 1.807) is 12.1 Å². The number of nitrogens with two attached hydrogens (primary N) is 1. The molecule has 0 bridgehead atoms. The first-order chi connectivity index (χ1) is 7.66. The third-order valence-electron chi connectivity index (χ3n) is 3.45. The summed E-state index contributed by atoms with van der Waals surface area (Å²) in [7, 11) is 0. The molecule has 1 aliphatic heterocycles. The van der Waals surface area contributed by atoms with Gasteiger partial charge in [0, 0.05) is 25.2 Å². The number of halogens is 1. The zero-order valence-electron chi connectivity index (χ0n) is 9.70. The number of hydrogen-bond donors (Lipinski definition) is 1. The molecule has 2 nitrogen and oxygen atoms in total. The predicted molar refractivity (Wildman–Crippen MR) is 63.6 cm³/mol. The van der Waals surface area contributed by atoms with E-state index < -0.39 is 0 Å². The van der Waals surface area contributed by atoms with Crippen LogP contribution < -0.4 is 5.73 Å². The molecule has 1 aliphatic rings. The monoisotopic (exact) mass is 222 g/mol. The molecule has 0 unspecified atom stereocenters. The minimum atomic E-state index is -0.155. The Kier molecular flexibility index (Phi) is 3.56. The second-order valence-corrected chi connectivity index (χ2v) is 4.60. The highest BCUT2D eigenvalue weighted by Gasteiger charge is 2.21. The first-order valence-electron chi connectivity index (χ1n) is 5.92. The summed E-state index contributed by atoms with van der Waals surface area (Å²) in [6, 6.07) is 7.50. The number of piperidine rings is 1. The third kappa shape index (κ3) is 2.60. The molecule has 1 saturated heterocycles. The first-order valence-corrected chi connectivity index (χ1v) is 5.92. The molecule has 88 valence electrons. The number of benzene rings is 1. The molecular formula is C13H19FN2. The summed E-state index contributed by atoms with van der Waals surface area (Å²) in [5.41, 5.74) is 6.92. The minimum absolute atomic E-state index is 0.155. The lowest BCUT2D eigenvalue weighted by Crippen LogP contribution is -2.40. The Balaban J connectivity index is 2.04. The van der Waals surface area contributed by atoms with E-state index in [1.165, 1.54) is 6.07 Å². The van der Waals surface area contributed by atoms with Crippen LogP contribution in [0.2, 0.25) is 0 Å². The molecule has 16 heavy (non-hydrogen) atoms. The Bertz CT molecular complexity index is 346. The molecule has 1 aromatic carbocycles. The molecule has 2 N–H and O–H groups in total. The summed E-state index contributed by atoms with van der Waals surface area (Å²) in [6.45, 7) is 4.16. The van der Waals surface area contributed by atoms with Gasteiger partial charge in [0.25, 0.3) is 0 Å². The molecule has 0 saturated carbocycles. The number of likely N-dealkylation sites (tertiary alicyclic amines) is 1. The number of hydrogen-bond acceptors (Lipinski definition) is 2.